The molecule has 0 aliphatic heterocycles. The van der Waals surface area contributed by atoms with Gasteiger partial charge in [0.15, 0.2) is 0 Å². The van der Waals surface area contributed by atoms with Crippen molar-refractivity contribution < 1.29 is 8.42 Å². The average molecular weight is 284 g/mol. The van der Waals surface area contributed by atoms with Crippen molar-refractivity contribution in [1.29, 1.82) is 0 Å². The Bertz CT molecular complexity index is 526. The van der Waals surface area contributed by atoms with Crippen molar-refractivity contribution in [2.45, 2.75) is 51.1 Å². The van der Waals surface area contributed by atoms with Crippen LogP contribution in [-0.2, 0) is 16.6 Å². The summed E-state index contributed by atoms with van der Waals surface area (Å²) in [6, 6.07) is 5.26. The molecule has 0 aromatic heterocycles. The predicted octanol–water partition coefficient (Wildman–Crippen LogP) is 2.26. The van der Waals surface area contributed by atoms with Crippen LogP contribution in [0.1, 0.15) is 37.8 Å². The van der Waals surface area contributed by atoms with Crippen molar-refractivity contribution >= 4 is 10.0 Å². The van der Waals surface area contributed by atoms with Gasteiger partial charge in [0.25, 0.3) is 0 Å². The molecule has 0 spiro atoms. The zero-order valence-corrected chi connectivity index (χ0v) is 13.0. The Balaban J connectivity index is 3.20. The first-order valence-electron chi connectivity index (χ1n) is 6.62. The minimum Gasteiger partial charge on any atom is -0.326 e. The normalized spacial score (nSPS) is 13.8. The van der Waals surface area contributed by atoms with Crippen molar-refractivity contribution in [3.05, 3.63) is 29.3 Å². The fourth-order valence-electron chi connectivity index (χ4n) is 2.15. The van der Waals surface area contributed by atoms with E-state index in [0.29, 0.717) is 11.4 Å². The predicted molar refractivity (Wildman–Crippen MR) is 78.4 cm³/mol. The molecule has 0 aliphatic rings. The average Bonchev–Trinajstić information content (AvgIpc) is 2.38. The number of hydrogen-bond donors (Lipinski definition) is 1. The molecular formula is C14H24N2O2S. The highest BCUT2D eigenvalue weighted by atomic mass is 32.2. The molecule has 0 bridgehead atoms. The van der Waals surface area contributed by atoms with Crippen LogP contribution < -0.4 is 5.73 Å². The monoisotopic (exact) mass is 284 g/mol. The third-order valence-corrected chi connectivity index (χ3v) is 5.72. The summed E-state index contributed by atoms with van der Waals surface area (Å²) in [7, 11) is -1.80. The summed E-state index contributed by atoms with van der Waals surface area (Å²) in [4.78, 5) is 0.362. The molecule has 1 aromatic rings. The minimum atomic E-state index is -3.45. The van der Waals surface area contributed by atoms with Gasteiger partial charge in [-0.3, -0.25) is 0 Å². The number of benzene rings is 1. The number of rotatable bonds is 6. The Morgan fingerprint density at radius 1 is 1.37 bits per heavy atom. The van der Waals surface area contributed by atoms with Gasteiger partial charge in [-0.05, 0) is 37.5 Å². The van der Waals surface area contributed by atoms with E-state index in [2.05, 4.69) is 6.92 Å². The Morgan fingerprint density at radius 3 is 2.53 bits per heavy atom. The van der Waals surface area contributed by atoms with Gasteiger partial charge in [-0.1, -0.05) is 25.5 Å². The molecule has 0 fully saturated rings. The van der Waals surface area contributed by atoms with Gasteiger partial charge < -0.3 is 5.73 Å². The SMILES string of the molecule is CCCC(C)N(C)S(=O)(=O)c1cccc(CN)c1C. The lowest BCUT2D eigenvalue weighted by atomic mass is 10.1. The zero-order valence-electron chi connectivity index (χ0n) is 12.2. The maximum absolute atomic E-state index is 12.6. The van der Waals surface area contributed by atoms with E-state index in [0.717, 1.165) is 24.0 Å². The largest absolute Gasteiger partial charge is 0.326 e. The molecule has 1 rings (SSSR count). The molecule has 1 aromatic carbocycles. The molecule has 0 radical (unpaired) electrons. The maximum Gasteiger partial charge on any atom is 0.243 e. The Hall–Kier alpha value is -0.910. The lowest BCUT2D eigenvalue weighted by Crippen LogP contribution is -2.35. The summed E-state index contributed by atoms with van der Waals surface area (Å²) in [5.74, 6) is 0. The second kappa shape index (κ2) is 6.50. The van der Waals surface area contributed by atoms with Crippen molar-refractivity contribution in [3.8, 4) is 0 Å². The number of nitrogens with two attached hydrogens (primary N) is 1. The van der Waals surface area contributed by atoms with Crippen LogP contribution in [0.15, 0.2) is 23.1 Å². The van der Waals surface area contributed by atoms with E-state index < -0.39 is 10.0 Å². The van der Waals surface area contributed by atoms with Gasteiger partial charge in [-0.15, -0.1) is 0 Å². The van der Waals surface area contributed by atoms with Crippen LogP contribution in [0, 0.1) is 6.92 Å². The van der Waals surface area contributed by atoms with Gasteiger partial charge >= 0.3 is 0 Å². The van der Waals surface area contributed by atoms with E-state index in [1.165, 1.54) is 4.31 Å². The van der Waals surface area contributed by atoms with Crippen molar-refractivity contribution in [2.24, 2.45) is 5.73 Å². The molecule has 19 heavy (non-hydrogen) atoms. The third-order valence-electron chi connectivity index (χ3n) is 3.60. The van der Waals surface area contributed by atoms with E-state index in [-0.39, 0.29) is 6.04 Å². The molecule has 4 nitrogen and oxygen atoms in total. The Morgan fingerprint density at radius 2 is 2.00 bits per heavy atom. The van der Waals surface area contributed by atoms with Gasteiger partial charge in [0, 0.05) is 19.6 Å². The van der Waals surface area contributed by atoms with Crippen LogP contribution >= 0.6 is 0 Å². The molecule has 0 saturated carbocycles. The quantitative estimate of drug-likeness (QED) is 0.871. The number of hydrogen-bond acceptors (Lipinski definition) is 3. The highest BCUT2D eigenvalue weighted by Crippen LogP contribution is 2.23. The second-order valence-electron chi connectivity index (χ2n) is 4.90. The first-order valence-corrected chi connectivity index (χ1v) is 8.06. The number of nitrogens with zero attached hydrogens (tertiary/aromatic N) is 1. The fourth-order valence-corrected chi connectivity index (χ4v) is 3.81. The van der Waals surface area contributed by atoms with Crippen molar-refractivity contribution in [3.63, 3.8) is 0 Å². The van der Waals surface area contributed by atoms with Gasteiger partial charge in [-0.25, -0.2) is 8.42 Å². The van der Waals surface area contributed by atoms with Crippen LogP contribution in [0.2, 0.25) is 0 Å². The molecule has 0 heterocycles. The molecule has 0 aliphatic carbocycles. The van der Waals surface area contributed by atoms with Crippen molar-refractivity contribution in [1.82, 2.24) is 4.31 Å². The topological polar surface area (TPSA) is 63.4 Å². The lowest BCUT2D eigenvalue weighted by molar-refractivity contribution is 0.368. The molecular weight excluding hydrogens is 260 g/mol. The lowest BCUT2D eigenvalue weighted by Gasteiger charge is -2.25. The zero-order chi connectivity index (χ0) is 14.6. The molecule has 1 unspecified atom stereocenters. The van der Waals surface area contributed by atoms with E-state index in [1.807, 2.05) is 19.9 Å². The Kier molecular flexibility index (Phi) is 5.52. The molecule has 1 atom stereocenters. The van der Waals surface area contributed by atoms with Crippen molar-refractivity contribution in [2.75, 3.05) is 7.05 Å². The van der Waals surface area contributed by atoms with Crippen LogP contribution in [0.4, 0.5) is 0 Å². The summed E-state index contributed by atoms with van der Waals surface area (Å²) in [5.41, 5.74) is 7.26. The summed E-state index contributed by atoms with van der Waals surface area (Å²) in [6.07, 6.45) is 1.81. The van der Waals surface area contributed by atoms with E-state index in [1.54, 1.807) is 19.2 Å². The summed E-state index contributed by atoms with van der Waals surface area (Å²) in [5, 5.41) is 0. The van der Waals surface area contributed by atoms with Crippen LogP contribution in [0.3, 0.4) is 0 Å². The first kappa shape index (κ1) is 16.1. The van der Waals surface area contributed by atoms with E-state index in [4.69, 9.17) is 5.73 Å². The molecule has 108 valence electrons. The summed E-state index contributed by atoms with van der Waals surface area (Å²) in [6.45, 7) is 6.15. The van der Waals surface area contributed by atoms with Gasteiger partial charge in [0.05, 0.1) is 4.90 Å². The van der Waals surface area contributed by atoms with Gasteiger partial charge in [0.2, 0.25) is 10.0 Å². The molecule has 0 amide bonds. The van der Waals surface area contributed by atoms with E-state index >= 15 is 0 Å². The first-order chi connectivity index (χ1) is 8.86. The summed E-state index contributed by atoms with van der Waals surface area (Å²) < 4.78 is 26.7. The standard InChI is InChI=1S/C14H24N2O2S/c1-5-7-11(2)16(4)19(17,18)14-9-6-8-13(10-15)12(14)3/h6,8-9,11H,5,7,10,15H2,1-4H3. The van der Waals surface area contributed by atoms with Crippen LogP contribution in [0.5, 0.6) is 0 Å². The maximum atomic E-state index is 12.6. The van der Waals surface area contributed by atoms with Gasteiger partial charge in [-0.2, -0.15) is 4.31 Å². The highest BCUT2D eigenvalue weighted by Gasteiger charge is 2.26. The molecule has 2 N–H and O–H groups in total. The number of sulfonamides is 1. The fraction of sp³-hybridized carbons (Fsp3) is 0.571. The van der Waals surface area contributed by atoms with Crippen LogP contribution in [0.25, 0.3) is 0 Å². The molecule has 5 heteroatoms. The van der Waals surface area contributed by atoms with Crippen LogP contribution in [-0.4, -0.2) is 25.8 Å². The summed E-state index contributed by atoms with van der Waals surface area (Å²) >= 11 is 0. The minimum absolute atomic E-state index is 0.00377. The van der Waals surface area contributed by atoms with E-state index in [9.17, 15) is 8.42 Å². The van der Waals surface area contributed by atoms with Gasteiger partial charge in [0.1, 0.15) is 0 Å². The Labute approximate surface area is 116 Å². The highest BCUT2D eigenvalue weighted by molar-refractivity contribution is 7.89. The second-order valence-corrected chi connectivity index (χ2v) is 6.87. The smallest absolute Gasteiger partial charge is 0.243 e. The molecule has 0 saturated heterocycles. The third kappa shape index (κ3) is 3.35.